The standard InChI is InChI=1S/C24H32N2O3/c1-6-22(24(28)25-7-2)26(15-20-11-9-8-10-18(20)4)23(27)16-29-21-13-12-17(3)19(5)14-21/h8-14,22H,6-7,15-16H2,1-5H3,(H,25,28)/t22-/m0/s1. The number of aryl methyl sites for hydroxylation is 3. The fourth-order valence-corrected chi connectivity index (χ4v) is 3.21. The Hall–Kier alpha value is -2.82. The van der Waals surface area contributed by atoms with Crippen LogP contribution in [-0.4, -0.2) is 35.9 Å². The molecule has 2 amide bonds. The molecule has 5 heteroatoms. The minimum atomic E-state index is -0.537. The Labute approximate surface area is 174 Å². The fourth-order valence-electron chi connectivity index (χ4n) is 3.21. The van der Waals surface area contributed by atoms with Crippen molar-refractivity contribution in [1.29, 1.82) is 0 Å². The van der Waals surface area contributed by atoms with Crippen molar-refractivity contribution >= 4 is 11.8 Å². The van der Waals surface area contributed by atoms with Crippen molar-refractivity contribution in [3.8, 4) is 5.75 Å². The summed E-state index contributed by atoms with van der Waals surface area (Å²) in [5.74, 6) is 0.316. The van der Waals surface area contributed by atoms with Crippen LogP contribution in [0.2, 0.25) is 0 Å². The van der Waals surface area contributed by atoms with Crippen LogP contribution in [0.1, 0.15) is 42.5 Å². The number of hydrogen-bond acceptors (Lipinski definition) is 3. The van der Waals surface area contributed by atoms with Crippen molar-refractivity contribution < 1.29 is 14.3 Å². The fraction of sp³-hybridized carbons (Fsp3) is 0.417. The number of ether oxygens (including phenoxy) is 1. The Kier molecular flexibility index (Phi) is 8.25. The molecule has 0 saturated heterocycles. The molecule has 0 radical (unpaired) electrons. The molecule has 2 aromatic carbocycles. The van der Waals surface area contributed by atoms with Crippen LogP contribution in [0.4, 0.5) is 0 Å². The van der Waals surface area contributed by atoms with Gasteiger partial charge in [0, 0.05) is 13.1 Å². The molecule has 0 unspecified atom stereocenters. The summed E-state index contributed by atoms with van der Waals surface area (Å²) in [7, 11) is 0. The van der Waals surface area contributed by atoms with Crippen LogP contribution in [0, 0.1) is 20.8 Å². The van der Waals surface area contributed by atoms with E-state index in [4.69, 9.17) is 4.74 Å². The van der Waals surface area contributed by atoms with Gasteiger partial charge in [0.25, 0.3) is 5.91 Å². The van der Waals surface area contributed by atoms with E-state index in [0.717, 1.165) is 16.7 Å². The summed E-state index contributed by atoms with van der Waals surface area (Å²) in [6.07, 6.45) is 0.535. The van der Waals surface area contributed by atoms with Crippen LogP contribution >= 0.6 is 0 Å². The molecule has 0 aromatic heterocycles. The van der Waals surface area contributed by atoms with Crippen molar-refractivity contribution in [2.45, 2.75) is 53.6 Å². The van der Waals surface area contributed by atoms with E-state index >= 15 is 0 Å². The van der Waals surface area contributed by atoms with Gasteiger partial charge in [-0.1, -0.05) is 37.3 Å². The predicted octanol–water partition coefficient (Wildman–Crippen LogP) is 3.93. The number of carbonyl (C=O) groups excluding carboxylic acids is 2. The Morgan fingerprint density at radius 1 is 1.00 bits per heavy atom. The monoisotopic (exact) mass is 396 g/mol. The lowest BCUT2D eigenvalue weighted by atomic mass is 10.1. The van der Waals surface area contributed by atoms with Crippen LogP contribution in [0.3, 0.4) is 0 Å². The van der Waals surface area contributed by atoms with Crippen molar-refractivity contribution in [1.82, 2.24) is 10.2 Å². The Balaban J connectivity index is 2.22. The topological polar surface area (TPSA) is 58.6 Å². The summed E-state index contributed by atoms with van der Waals surface area (Å²) in [5.41, 5.74) is 4.40. The quantitative estimate of drug-likeness (QED) is 0.699. The highest BCUT2D eigenvalue weighted by Gasteiger charge is 2.28. The molecule has 0 heterocycles. The van der Waals surface area contributed by atoms with Gasteiger partial charge in [-0.3, -0.25) is 9.59 Å². The molecule has 0 aliphatic carbocycles. The zero-order chi connectivity index (χ0) is 21.4. The highest BCUT2D eigenvalue weighted by molar-refractivity contribution is 5.88. The van der Waals surface area contributed by atoms with E-state index in [1.54, 1.807) is 4.90 Å². The first-order valence-corrected chi connectivity index (χ1v) is 10.2. The van der Waals surface area contributed by atoms with E-state index < -0.39 is 6.04 Å². The first-order valence-electron chi connectivity index (χ1n) is 10.2. The molecule has 2 aromatic rings. The van der Waals surface area contributed by atoms with Gasteiger partial charge in [-0.05, 0) is 68.5 Å². The number of rotatable bonds is 9. The molecule has 0 aliphatic heterocycles. The van der Waals surface area contributed by atoms with Gasteiger partial charge in [0.1, 0.15) is 11.8 Å². The van der Waals surface area contributed by atoms with Crippen LogP contribution in [0.25, 0.3) is 0 Å². The van der Waals surface area contributed by atoms with Crippen molar-refractivity contribution in [2.75, 3.05) is 13.2 Å². The van der Waals surface area contributed by atoms with Gasteiger partial charge >= 0.3 is 0 Å². The second kappa shape index (κ2) is 10.6. The highest BCUT2D eigenvalue weighted by Crippen LogP contribution is 2.18. The third-order valence-electron chi connectivity index (χ3n) is 5.18. The summed E-state index contributed by atoms with van der Waals surface area (Å²) in [4.78, 5) is 27.4. The first-order chi connectivity index (χ1) is 13.9. The second-order valence-corrected chi connectivity index (χ2v) is 7.30. The lowest BCUT2D eigenvalue weighted by Gasteiger charge is -2.31. The van der Waals surface area contributed by atoms with E-state index in [2.05, 4.69) is 5.32 Å². The lowest BCUT2D eigenvalue weighted by Crippen LogP contribution is -2.50. The molecule has 1 N–H and O–H groups in total. The van der Waals surface area contributed by atoms with E-state index in [1.165, 1.54) is 5.56 Å². The number of amides is 2. The number of hydrogen-bond donors (Lipinski definition) is 1. The lowest BCUT2D eigenvalue weighted by molar-refractivity contribution is -0.142. The Bertz CT molecular complexity index is 848. The SMILES string of the molecule is CCNC(=O)[C@H](CC)N(Cc1ccccc1C)C(=O)COc1ccc(C)c(C)c1. The van der Waals surface area contributed by atoms with Gasteiger partial charge in [-0.15, -0.1) is 0 Å². The zero-order valence-electron chi connectivity index (χ0n) is 18.1. The molecule has 0 fully saturated rings. The van der Waals surface area contributed by atoms with Crippen LogP contribution in [0.15, 0.2) is 42.5 Å². The molecular formula is C24H32N2O3. The third-order valence-corrected chi connectivity index (χ3v) is 5.18. The van der Waals surface area contributed by atoms with Gasteiger partial charge < -0.3 is 15.0 Å². The maximum atomic E-state index is 13.1. The summed E-state index contributed by atoms with van der Waals surface area (Å²) in [6, 6.07) is 13.1. The van der Waals surface area contributed by atoms with Crippen molar-refractivity contribution in [2.24, 2.45) is 0 Å². The Morgan fingerprint density at radius 2 is 1.72 bits per heavy atom. The third kappa shape index (κ3) is 6.08. The molecule has 5 nitrogen and oxygen atoms in total. The van der Waals surface area contributed by atoms with Gasteiger partial charge in [-0.2, -0.15) is 0 Å². The maximum absolute atomic E-state index is 13.1. The smallest absolute Gasteiger partial charge is 0.261 e. The molecule has 156 valence electrons. The van der Waals surface area contributed by atoms with Gasteiger partial charge in [0.2, 0.25) is 5.91 Å². The minimum Gasteiger partial charge on any atom is -0.484 e. The largest absolute Gasteiger partial charge is 0.484 e. The van der Waals surface area contributed by atoms with Crippen LogP contribution in [-0.2, 0) is 16.1 Å². The molecule has 29 heavy (non-hydrogen) atoms. The van der Waals surface area contributed by atoms with Crippen molar-refractivity contribution in [3.05, 3.63) is 64.7 Å². The average Bonchev–Trinajstić information content (AvgIpc) is 2.70. The number of nitrogens with one attached hydrogen (secondary N) is 1. The number of carbonyl (C=O) groups is 2. The molecule has 0 saturated carbocycles. The number of likely N-dealkylation sites (N-methyl/N-ethyl adjacent to an activating group) is 1. The summed E-state index contributed by atoms with van der Waals surface area (Å²) in [6.45, 7) is 10.6. The molecular weight excluding hydrogens is 364 g/mol. The zero-order valence-corrected chi connectivity index (χ0v) is 18.1. The summed E-state index contributed by atoms with van der Waals surface area (Å²) < 4.78 is 5.76. The van der Waals surface area contributed by atoms with E-state index in [9.17, 15) is 9.59 Å². The summed E-state index contributed by atoms with van der Waals surface area (Å²) >= 11 is 0. The Morgan fingerprint density at radius 3 is 2.34 bits per heavy atom. The van der Waals surface area contributed by atoms with Crippen molar-refractivity contribution in [3.63, 3.8) is 0 Å². The average molecular weight is 397 g/mol. The molecule has 2 rings (SSSR count). The van der Waals surface area contributed by atoms with E-state index in [0.29, 0.717) is 25.3 Å². The van der Waals surface area contributed by atoms with Gasteiger partial charge in [0.15, 0.2) is 6.61 Å². The van der Waals surface area contributed by atoms with E-state index in [1.807, 2.05) is 77.1 Å². The highest BCUT2D eigenvalue weighted by atomic mass is 16.5. The minimum absolute atomic E-state index is 0.107. The van der Waals surface area contributed by atoms with Crippen LogP contribution < -0.4 is 10.1 Å². The normalized spacial score (nSPS) is 11.6. The molecule has 0 spiro atoms. The molecule has 0 bridgehead atoms. The molecule has 0 aliphatic rings. The first kappa shape index (κ1) is 22.5. The summed E-state index contributed by atoms with van der Waals surface area (Å²) in [5, 5.41) is 2.85. The van der Waals surface area contributed by atoms with Crippen LogP contribution in [0.5, 0.6) is 5.75 Å². The number of benzene rings is 2. The van der Waals surface area contributed by atoms with Gasteiger partial charge in [-0.25, -0.2) is 0 Å². The predicted molar refractivity (Wildman–Crippen MR) is 116 cm³/mol. The van der Waals surface area contributed by atoms with E-state index in [-0.39, 0.29) is 18.4 Å². The maximum Gasteiger partial charge on any atom is 0.261 e. The second-order valence-electron chi connectivity index (χ2n) is 7.30. The molecule has 1 atom stereocenters. The van der Waals surface area contributed by atoms with Gasteiger partial charge in [0.05, 0.1) is 0 Å². The number of nitrogens with zero attached hydrogens (tertiary/aromatic N) is 1.